The van der Waals surface area contributed by atoms with E-state index in [0.29, 0.717) is 11.9 Å². The molecule has 0 bridgehead atoms. The van der Waals surface area contributed by atoms with Crippen LogP contribution in [0.3, 0.4) is 0 Å². The Morgan fingerprint density at radius 2 is 2.17 bits per heavy atom. The van der Waals surface area contributed by atoms with Crippen LogP contribution in [-0.4, -0.2) is 59.3 Å². The maximum absolute atomic E-state index is 12.3. The van der Waals surface area contributed by atoms with Crippen LogP contribution in [0.2, 0.25) is 0 Å². The molecule has 1 atom stereocenters. The molecule has 126 valence electrons. The van der Waals surface area contributed by atoms with Crippen LogP contribution in [0.4, 0.5) is 5.82 Å². The van der Waals surface area contributed by atoms with E-state index in [9.17, 15) is 9.59 Å². The number of nitrogens with zero attached hydrogens (tertiary/aromatic N) is 3. The van der Waals surface area contributed by atoms with Crippen molar-refractivity contribution < 1.29 is 9.59 Å². The summed E-state index contributed by atoms with van der Waals surface area (Å²) < 4.78 is 0. The number of likely N-dealkylation sites (N-methyl/N-ethyl adjacent to an activating group) is 1. The quantitative estimate of drug-likeness (QED) is 0.897. The predicted molar refractivity (Wildman–Crippen MR) is 90.1 cm³/mol. The highest BCUT2D eigenvalue weighted by molar-refractivity contribution is 5.91. The van der Waals surface area contributed by atoms with E-state index in [1.54, 1.807) is 18.1 Å². The van der Waals surface area contributed by atoms with Crippen molar-refractivity contribution >= 4 is 17.6 Å². The molecular weight excluding hydrogens is 292 g/mol. The second-order valence-electron chi connectivity index (χ2n) is 6.37. The van der Waals surface area contributed by atoms with Crippen molar-refractivity contribution in [3.05, 3.63) is 23.9 Å². The first-order valence-corrected chi connectivity index (χ1v) is 8.16. The molecule has 1 saturated heterocycles. The predicted octanol–water partition coefficient (Wildman–Crippen LogP) is 1.66. The fourth-order valence-electron chi connectivity index (χ4n) is 2.88. The molecule has 1 N–H and O–H groups in total. The average molecular weight is 318 g/mol. The highest BCUT2D eigenvalue weighted by atomic mass is 16.2. The van der Waals surface area contributed by atoms with Gasteiger partial charge in [0, 0.05) is 18.8 Å². The van der Waals surface area contributed by atoms with E-state index in [0.717, 1.165) is 24.9 Å². The number of hydrogen-bond acceptors (Lipinski definition) is 4. The summed E-state index contributed by atoms with van der Waals surface area (Å²) in [6, 6.07) is 3.99. The molecule has 2 amide bonds. The largest absolute Gasteiger partial charge is 0.339 e. The monoisotopic (exact) mass is 318 g/mol. The van der Waals surface area contributed by atoms with Gasteiger partial charge in [-0.15, -0.1) is 0 Å². The van der Waals surface area contributed by atoms with Crippen molar-refractivity contribution in [3.8, 4) is 0 Å². The highest BCUT2D eigenvalue weighted by Gasteiger charge is 2.24. The molecule has 0 aliphatic carbocycles. The Hall–Kier alpha value is -1.95. The topological polar surface area (TPSA) is 65.5 Å². The average Bonchev–Trinajstić information content (AvgIpc) is 2.47. The summed E-state index contributed by atoms with van der Waals surface area (Å²) in [5, 5.41) is 2.76. The summed E-state index contributed by atoms with van der Waals surface area (Å²) in [7, 11) is 1.79. The minimum Gasteiger partial charge on any atom is -0.339 e. The van der Waals surface area contributed by atoms with Crippen LogP contribution in [0.1, 0.15) is 31.7 Å². The lowest BCUT2D eigenvalue weighted by Crippen LogP contribution is -2.47. The number of carbonyl (C=O) groups is 2. The Bertz CT molecular complexity index is 561. The summed E-state index contributed by atoms with van der Waals surface area (Å²) in [5.41, 5.74) is 1.04. The third kappa shape index (κ3) is 5.32. The summed E-state index contributed by atoms with van der Waals surface area (Å²) >= 11 is 0. The molecule has 0 aromatic carbocycles. The van der Waals surface area contributed by atoms with Gasteiger partial charge >= 0.3 is 0 Å². The number of rotatable bonds is 5. The number of likely N-dealkylation sites (tertiary alicyclic amines) is 1. The molecule has 1 aromatic rings. The maximum Gasteiger partial charge on any atom is 0.239 e. The minimum atomic E-state index is -0.162. The lowest BCUT2D eigenvalue weighted by molar-refractivity contribution is -0.135. The van der Waals surface area contributed by atoms with E-state index < -0.39 is 0 Å². The maximum atomic E-state index is 12.3. The van der Waals surface area contributed by atoms with Gasteiger partial charge in [0.05, 0.1) is 13.1 Å². The van der Waals surface area contributed by atoms with Crippen LogP contribution in [0, 0.1) is 6.92 Å². The van der Waals surface area contributed by atoms with E-state index in [2.05, 4.69) is 17.2 Å². The molecule has 1 fully saturated rings. The van der Waals surface area contributed by atoms with Crippen molar-refractivity contribution in [1.29, 1.82) is 0 Å². The van der Waals surface area contributed by atoms with E-state index in [-0.39, 0.29) is 24.9 Å². The Morgan fingerprint density at radius 3 is 2.87 bits per heavy atom. The SMILES string of the molecule is Cc1ccnc(NC(=O)CN(C)CC(=O)N2CCCC[C@@H]2C)c1. The number of anilines is 1. The number of hydrogen-bond donors (Lipinski definition) is 1. The van der Waals surface area contributed by atoms with E-state index in [1.165, 1.54) is 6.42 Å². The van der Waals surface area contributed by atoms with Gasteiger partial charge in [0.15, 0.2) is 0 Å². The van der Waals surface area contributed by atoms with Crippen molar-refractivity contribution in [3.63, 3.8) is 0 Å². The molecule has 0 spiro atoms. The standard InChI is InChI=1S/C17H26N4O2/c1-13-7-8-18-15(10-13)19-16(22)11-20(3)12-17(23)21-9-5-4-6-14(21)2/h7-8,10,14H,4-6,9,11-12H2,1-3H3,(H,18,19,22)/t14-/m0/s1. The summed E-state index contributed by atoms with van der Waals surface area (Å²) in [5.74, 6) is 0.477. The second-order valence-corrected chi connectivity index (χ2v) is 6.37. The van der Waals surface area contributed by atoms with E-state index >= 15 is 0 Å². The van der Waals surface area contributed by atoms with Crippen LogP contribution < -0.4 is 5.32 Å². The van der Waals surface area contributed by atoms with Gasteiger partial charge < -0.3 is 10.2 Å². The molecule has 1 aliphatic heterocycles. The van der Waals surface area contributed by atoms with Gasteiger partial charge in [0.1, 0.15) is 5.82 Å². The third-order valence-corrected chi connectivity index (χ3v) is 4.12. The Labute approximate surface area is 137 Å². The third-order valence-electron chi connectivity index (χ3n) is 4.12. The van der Waals surface area contributed by atoms with Crippen LogP contribution in [-0.2, 0) is 9.59 Å². The highest BCUT2D eigenvalue weighted by Crippen LogP contribution is 2.16. The molecule has 2 heterocycles. The molecule has 0 unspecified atom stereocenters. The smallest absolute Gasteiger partial charge is 0.239 e. The molecule has 0 radical (unpaired) electrons. The zero-order valence-electron chi connectivity index (χ0n) is 14.2. The van der Waals surface area contributed by atoms with Crippen molar-refractivity contribution in [2.24, 2.45) is 0 Å². The molecule has 0 saturated carbocycles. The van der Waals surface area contributed by atoms with Crippen LogP contribution in [0.25, 0.3) is 0 Å². The molecule has 2 rings (SSSR count). The molecule has 6 heteroatoms. The first-order chi connectivity index (χ1) is 11.0. The number of aryl methyl sites for hydroxylation is 1. The summed E-state index contributed by atoms with van der Waals surface area (Å²) in [6.07, 6.45) is 4.98. The van der Waals surface area contributed by atoms with Crippen molar-refractivity contribution in [2.75, 3.05) is 32.0 Å². The Morgan fingerprint density at radius 1 is 1.39 bits per heavy atom. The van der Waals surface area contributed by atoms with Crippen LogP contribution in [0.5, 0.6) is 0 Å². The number of aromatic nitrogens is 1. The molecular formula is C17H26N4O2. The lowest BCUT2D eigenvalue weighted by Gasteiger charge is -2.34. The fourth-order valence-corrected chi connectivity index (χ4v) is 2.88. The first-order valence-electron chi connectivity index (χ1n) is 8.16. The number of nitrogens with one attached hydrogen (secondary N) is 1. The van der Waals surface area contributed by atoms with Gasteiger partial charge in [-0.05, 0) is 57.9 Å². The molecule has 1 aliphatic rings. The first kappa shape index (κ1) is 17.4. The zero-order chi connectivity index (χ0) is 16.8. The summed E-state index contributed by atoms with van der Waals surface area (Å²) in [4.78, 5) is 32.2. The number of piperidine rings is 1. The van der Waals surface area contributed by atoms with Gasteiger partial charge in [0.2, 0.25) is 11.8 Å². The van der Waals surface area contributed by atoms with Gasteiger partial charge in [0.25, 0.3) is 0 Å². The zero-order valence-corrected chi connectivity index (χ0v) is 14.2. The van der Waals surface area contributed by atoms with E-state index in [1.807, 2.05) is 24.0 Å². The van der Waals surface area contributed by atoms with Gasteiger partial charge in [-0.3, -0.25) is 14.5 Å². The van der Waals surface area contributed by atoms with Crippen molar-refractivity contribution in [1.82, 2.24) is 14.8 Å². The molecule has 23 heavy (non-hydrogen) atoms. The lowest BCUT2D eigenvalue weighted by atomic mass is 10.0. The van der Waals surface area contributed by atoms with Crippen LogP contribution >= 0.6 is 0 Å². The number of pyridine rings is 1. The normalized spacial score (nSPS) is 18.1. The number of amides is 2. The summed E-state index contributed by atoms with van der Waals surface area (Å²) in [6.45, 7) is 5.30. The second kappa shape index (κ2) is 8.06. The minimum absolute atomic E-state index is 0.0983. The van der Waals surface area contributed by atoms with Gasteiger partial charge in [-0.25, -0.2) is 4.98 Å². The van der Waals surface area contributed by atoms with E-state index in [4.69, 9.17) is 0 Å². The fraction of sp³-hybridized carbons (Fsp3) is 0.588. The Kier molecular flexibility index (Phi) is 6.10. The number of carbonyl (C=O) groups excluding carboxylic acids is 2. The molecule has 1 aromatic heterocycles. The Balaban J connectivity index is 1.80. The van der Waals surface area contributed by atoms with Gasteiger partial charge in [-0.2, -0.15) is 0 Å². The van der Waals surface area contributed by atoms with Crippen molar-refractivity contribution in [2.45, 2.75) is 39.2 Å². The molecule has 6 nitrogen and oxygen atoms in total. The van der Waals surface area contributed by atoms with Crippen LogP contribution in [0.15, 0.2) is 18.3 Å². The van der Waals surface area contributed by atoms with Gasteiger partial charge in [-0.1, -0.05) is 0 Å².